The quantitative estimate of drug-likeness (QED) is 0.805. The molecular formula is C16H16N4OS. The third-order valence-electron chi connectivity index (χ3n) is 3.91. The fraction of sp³-hybridized carbons (Fsp3) is 0.312. The lowest BCUT2D eigenvalue weighted by Gasteiger charge is -2.21. The van der Waals surface area contributed by atoms with Crippen LogP contribution in [0.25, 0.3) is 11.0 Å². The Labute approximate surface area is 132 Å². The molecular weight excluding hydrogens is 296 g/mol. The summed E-state index contributed by atoms with van der Waals surface area (Å²) in [6, 6.07) is 5.98. The van der Waals surface area contributed by atoms with Gasteiger partial charge < -0.3 is 9.88 Å². The summed E-state index contributed by atoms with van der Waals surface area (Å²) in [5, 5.41) is 3.08. The van der Waals surface area contributed by atoms with Crippen molar-refractivity contribution in [3.63, 3.8) is 0 Å². The summed E-state index contributed by atoms with van der Waals surface area (Å²) in [6.07, 6.45) is 3.82. The van der Waals surface area contributed by atoms with Gasteiger partial charge in [0.25, 0.3) is 5.91 Å². The average molecular weight is 312 g/mol. The van der Waals surface area contributed by atoms with E-state index in [-0.39, 0.29) is 5.91 Å². The molecule has 1 N–H and O–H groups in total. The maximum atomic E-state index is 12.9. The molecule has 1 saturated carbocycles. The zero-order valence-corrected chi connectivity index (χ0v) is 13.1. The van der Waals surface area contributed by atoms with Crippen molar-refractivity contribution in [1.29, 1.82) is 0 Å². The van der Waals surface area contributed by atoms with E-state index in [9.17, 15) is 4.79 Å². The second-order valence-corrected chi connectivity index (χ2v) is 6.72. The van der Waals surface area contributed by atoms with Gasteiger partial charge in [0.2, 0.25) is 0 Å². The summed E-state index contributed by atoms with van der Waals surface area (Å²) < 4.78 is 0. The molecule has 2 aromatic heterocycles. The Bertz CT molecular complexity index is 833. The Morgan fingerprint density at radius 1 is 1.45 bits per heavy atom. The zero-order chi connectivity index (χ0) is 15.1. The highest BCUT2D eigenvalue weighted by molar-refractivity contribution is 7.09. The Balaban J connectivity index is 1.62. The molecule has 0 radical (unpaired) electrons. The zero-order valence-electron chi connectivity index (χ0n) is 12.2. The van der Waals surface area contributed by atoms with Crippen LogP contribution in [0.4, 0.5) is 0 Å². The lowest BCUT2D eigenvalue weighted by atomic mass is 10.1. The third kappa shape index (κ3) is 2.50. The van der Waals surface area contributed by atoms with Crippen molar-refractivity contribution in [2.45, 2.75) is 32.4 Å². The Morgan fingerprint density at radius 3 is 3.05 bits per heavy atom. The molecule has 0 atom stereocenters. The first kappa shape index (κ1) is 13.5. The summed E-state index contributed by atoms with van der Waals surface area (Å²) in [4.78, 5) is 26.6. The monoisotopic (exact) mass is 312 g/mol. The summed E-state index contributed by atoms with van der Waals surface area (Å²) in [7, 11) is 0. The molecule has 1 aliphatic carbocycles. The Kier molecular flexibility index (Phi) is 3.18. The minimum absolute atomic E-state index is 0.0738. The van der Waals surface area contributed by atoms with E-state index in [2.05, 4.69) is 15.0 Å². The largest absolute Gasteiger partial charge is 0.345 e. The molecule has 112 valence electrons. The SMILES string of the molecule is Cc1nc(CN(C(=O)c2ccc3nc[nH]c3c2)C2CC2)cs1. The molecule has 1 amide bonds. The smallest absolute Gasteiger partial charge is 0.254 e. The molecule has 1 aliphatic rings. The van der Waals surface area contributed by atoms with E-state index in [4.69, 9.17) is 0 Å². The number of rotatable bonds is 4. The third-order valence-corrected chi connectivity index (χ3v) is 4.74. The predicted molar refractivity (Wildman–Crippen MR) is 85.8 cm³/mol. The molecule has 0 aliphatic heterocycles. The highest BCUT2D eigenvalue weighted by Gasteiger charge is 2.33. The Morgan fingerprint density at radius 2 is 2.32 bits per heavy atom. The second kappa shape index (κ2) is 5.21. The number of benzene rings is 1. The van der Waals surface area contributed by atoms with E-state index in [1.807, 2.05) is 35.4 Å². The number of fused-ring (bicyclic) bond motifs is 1. The number of aromatic nitrogens is 3. The summed E-state index contributed by atoms with van der Waals surface area (Å²) >= 11 is 1.63. The van der Waals surface area contributed by atoms with Gasteiger partial charge in [0.05, 0.1) is 34.6 Å². The van der Waals surface area contributed by atoms with Gasteiger partial charge in [-0.2, -0.15) is 0 Å². The fourth-order valence-electron chi connectivity index (χ4n) is 2.64. The number of thiazole rings is 1. The van der Waals surface area contributed by atoms with Gasteiger partial charge in [0.15, 0.2) is 0 Å². The van der Waals surface area contributed by atoms with Gasteiger partial charge in [-0.3, -0.25) is 4.79 Å². The topological polar surface area (TPSA) is 61.9 Å². The number of aryl methyl sites for hydroxylation is 1. The number of imidazole rings is 1. The Hall–Kier alpha value is -2.21. The average Bonchev–Trinajstić information content (AvgIpc) is 3.10. The lowest BCUT2D eigenvalue weighted by Crippen LogP contribution is -2.32. The number of nitrogens with one attached hydrogen (secondary N) is 1. The normalized spacial score (nSPS) is 14.4. The second-order valence-electron chi connectivity index (χ2n) is 5.66. The van der Waals surface area contributed by atoms with Crippen LogP contribution in [-0.4, -0.2) is 31.8 Å². The number of nitrogens with zero attached hydrogens (tertiary/aromatic N) is 3. The van der Waals surface area contributed by atoms with Crippen LogP contribution in [0.15, 0.2) is 29.9 Å². The molecule has 3 aromatic rings. The van der Waals surface area contributed by atoms with Crippen molar-refractivity contribution in [2.75, 3.05) is 0 Å². The number of aromatic amines is 1. The van der Waals surface area contributed by atoms with E-state index in [0.717, 1.165) is 34.6 Å². The molecule has 6 heteroatoms. The van der Waals surface area contributed by atoms with Crippen molar-refractivity contribution in [3.05, 3.63) is 46.2 Å². The molecule has 0 bridgehead atoms. The van der Waals surface area contributed by atoms with Gasteiger partial charge in [-0.25, -0.2) is 9.97 Å². The molecule has 22 heavy (non-hydrogen) atoms. The molecule has 0 unspecified atom stereocenters. The van der Waals surface area contributed by atoms with E-state index in [0.29, 0.717) is 18.2 Å². The maximum Gasteiger partial charge on any atom is 0.254 e. The lowest BCUT2D eigenvalue weighted by molar-refractivity contribution is 0.0728. The fourth-order valence-corrected chi connectivity index (χ4v) is 3.25. The van der Waals surface area contributed by atoms with Crippen LogP contribution in [0.3, 0.4) is 0 Å². The van der Waals surface area contributed by atoms with Gasteiger partial charge in [-0.15, -0.1) is 11.3 Å². The van der Waals surface area contributed by atoms with Crippen molar-refractivity contribution in [3.8, 4) is 0 Å². The standard InChI is InChI=1S/C16H16N4OS/c1-10-19-12(8-22-10)7-20(13-3-4-13)16(21)11-2-5-14-15(6-11)18-9-17-14/h2,5-6,8-9,13H,3-4,7H2,1H3,(H,17,18). The van der Waals surface area contributed by atoms with Crippen LogP contribution < -0.4 is 0 Å². The van der Waals surface area contributed by atoms with Crippen molar-refractivity contribution < 1.29 is 4.79 Å². The van der Waals surface area contributed by atoms with E-state index >= 15 is 0 Å². The van der Waals surface area contributed by atoms with Crippen molar-refractivity contribution >= 4 is 28.3 Å². The van der Waals surface area contributed by atoms with Gasteiger partial charge in [-0.1, -0.05) is 0 Å². The summed E-state index contributed by atoms with van der Waals surface area (Å²) in [5.41, 5.74) is 3.46. The molecule has 4 rings (SSSR count). The van der Waals surface area contributed by atoms with Gasteiger partial charge >= 0.3 is 0 Å². The van der Waals surface area contributed by atoms with Gasteiger partial charge in [0.1, 0.15) is 0 Å². The minimum Gasteiger partial charge on any atom is -0.345 e. The number of carbonyl (C=O) groups excluding carboxylic acids is 1. The van der Waals surface area contributed by atoms with E-state index in [1.165, 1.54) is 0 Å². The molecule has 1 aromatic carbocycles. The summed E-state index contributed by atoms with van der Waals surface area (Å²) in [6.45, 7) is 2.58. The molecule has 0 saturated heterocycles. The minimum atomic E-state index is 0.0738. The summed E-state index contributed by atoms with van der Waals surface area (Å²) in [5.74, 6) is 0.0738. The molecule has 5 nitrogen and oxygen atoms in total. The first-order chi connectivity index (χ1) is 10.7. The number of H-pyrrole nitrogens is 1. The number of hydrogen-bond donors (Lipinski definition) is 1. The first-order valence-electron chi connectivity index (χ1n) is 7.36. The number of amides is 1. The van der Waals surface area contributed by atoms with E-state index < -0.39 is 0 Å². The maximum absolute atomic E-state index is 12.9. The number of hydrogen-bond acceptors (Lipinski definition) is 4. The van der Waals surface area contributed by atoms with Crippen LogP contribution >= 0.6 is 11.3 Å². The predicted octanol–water partition coefficient (Wildman–Crippen LogP) is 3.13. The van der Waals surface area contributed by atoms with Crippen LogP contribution in [0.2, 0.25) is 0 Å². The van der Waals surface area contributed by atoms with Gasteiger partial charge in [0, 0.05) is 17.0 Å². The first-order valence-corrected chi connectivity index (χ1v) is 8.24. The highest BCUT2D eigenvalue weighted by atomic mass is 32.1. The van der Waals surface area contributed by atoms with Crippen LogP contribution in [0.5, 0.6) is 0 Å². The van der Waals surface area contributed by atoms with E-state index in [1.54, 1.807) is 17.7 Å². The number of carbonyl (C=O) groups is 1. The van der Waals surface area contributed by atoms with Gasteiger partial charge in [-0.05, 0) is 38.0 Å². The van der Waals surface area contributed by atoms with Crippen molar-refractivity contribution in [1.82, 2.24) is 19.9 Å². The van der Waals surface area contributed by atoms with Crippen LogP contribution in [0, 0.1) is 6.92 Å². The van der Waals surface area contributed by atoms with Crippen LogP contribution in [0.1, 0.15) is 33.9 Å². The molecule has 1 fully saturated rings. The highest BCUT2D eigenvalue weighted by Crippen LogP contribution is 2.30. The van der Waals surface area contributed by atoms with Crippen molar-refractivity contribution in [2.24, 2.45) is 0 Å². The van der Waals surface area contributed by atoms with Crippen LogP contribution in [-0.2, 0) is 6.54 Å². The molecule has 0 spiro atoms. The molecule has 2 heterocycles.